The molecule has 0 fully saturated rings. The zero-order valence-electron chi connectivity index (χ0n) is 9.09. The van der Waals surface area contributed by atoms with Crippen molar-refractivity contribution in [2.45, 2.75) is 13.5 Å². The van der Waals surface area contributed by atoms with E-state index in [2.05, 4.69) is 26.6 Å². The molecule has 0 aliphatic rings. The topological polar surface area (TPSA) is 61.4 Å². The molecule has 0 atom stereocenters. The highest BCUT2D eigenvalue weighted by Gasteiger charge is 2.03. The van der Waals surface area contributed by atoms with Crippen molar-refractivity contribution in [3.05, 3.63) is 28.2 Å². The van der Waals surface area contributed by atoms with Gasteiger partial charge in [-0.05, 0) is 22.0 Å². The van der Waals surface area contributed by atoms with E-state index in [1.807, 2.05) is 12.1 Å². The van der Waals surface area contributed by atoms with Gasteiger partial charge in [0, 0.05) is 32.1 Å². The number of aromatic hydroxyl groups is 1. The molecule has 0 saturated heterocycles. The van der Waals surface area contributed by atoms with Crippen LogP contribution in [0.15, 0.2) is 22.7 Å². The molecule has 0 radical (unpaired) electrons. The Hall–Kier alpha value is -1.07. The summed E-state index contributed by atoms with van der Waals surface area (Å²) in [5, 5.41) is 15.5. The molecule has 0 heterocycles. The van der Waals surface area contributed by atoms with Crippen molar-refractivity contribution in [3.8, 4) is 5.75 Å². The summed E-state index contributed by atoms with van der Waals surface area (Å²) in [5.41, 5.74) is 0.831. The van der Waals surface area contributed by atoms with Crippen LogP contribution in [0.25, 0.3) is 0 Å². The second-order valence-corrected chi connectivity index (χ2v) is 4.26. The predicted molar refractivity (Wildman–Crippen MR) is 66.2 cm³/mol. The van der Waals surface area contributed by atoms with E-state index in [9.17, 15) is 9.90 Å². The van der Waals surface area contributed by atoms with Crippen molar-refractivity contribution < 1.29 is 9.90 Å². The van der Waals surface area contributed by atoms with Gasteiger partial charge in [-0.3, -0.25) is 4.79 Å². The maximum absolute atomic E-state index is 10.6. The number of nitrogens with one attached hydrogen (secondary N) is 2. The highest BCUT2D eigenvalue weighted by molar-refractivity contribution is 9.10. The van der Waals surface area contributed by atoms with Gasteiger partial charge < -0.3 is 15.7 Å². The summed E-state index contributed by atoms with van der Waals surface area (Å²) in [7, 11) is 0. The molecule has 1 aromatic rings. The van der Waals surface area contributed by atoms with Crippen LogP contribution < -0.4 is 10.6 Å². The normalized spacial score (nSPS) is 10.1. The largest absolute Gasteiger partial charge is 0.506 e. The molecule has 0 aliphatic carbocycles. The Labute approximate surface area is 103 Å². The Bertz CT molecular complexity index is 369. The molecule has 0 bridgehead atoms. The maximum Gasteiger partial charge on any atom is 0.216 e. The van der Waals surface area contributed by atoms with E-state index in [-0.39, 0.29) is 11.7 Å². The number of carbonyl (C=O) groups is 1. The number of halogens is 1. The van der Waals surface area contributed by atoms with E-state index in [0.29, 0.717) is 24.1 Å². The maximum atomic E-state index is 10.6. The lowest BCUT2D eigenvalue weighted by atomic mass is 10.2. The molecule has 0 saturated carbocycles. The molecule has 88 valence electrons. The highest BCUT2D eigenvalue weighted by Crippen LogP contribution is 2.26. The first-order valence-corrected chi connectivity index (χ1v) is 5.82. The molecule has 0 spiro atoms. The molecule has 5 heteroatoms. The Kier molecular flexibility index (Phi) is 5.28. The number of phenols is 1. The van der Waals surface area contributed by atoms with E-state index < -0.39 is 0 Å². The predicted octanol–water partition coefficient (Wildman–Crippen LogP) is 1.38. The standard InChI is InChI=1S/C11H15BrN2O2/c1-8(15)14-6-5-13-7-9-3-2-4-10(12)11(9)16/h2-4,13,16H,5-7H2,1H3,(H,14,15). The van der Waals surface area contributed by atoms with E-state index >= 15 is 0 Å². The smallest absolute Gasteiger partial charge is 0.216 e. The molecule has 0 aromatic heterocycles. The lowest BCUT2D eigenvalue weighted by Crippen LogP contribution is -2.29. The number of carbonyl (C=O) groups excluding carboxylic acids is 1. The minimum Gasteiger partial charge on any atom is -0.506 e. The van der Waals surface area contributed by atoms with Gasteiger partial charge in [-0.1, -0.05) is 12.1 Å². The third-order valence-electron chi connectivity index (χ3n) is 2.06. The van der Waals surface area contributed by atoms with Gasteiger partial charge in [0.15, 0.2) is 0 Å². The molecule has 1 rings (SSSR count). The summed E-state index contributed by atoms with van der Waals surface area (Å²) in [4.78, 5) is 10.6. The summed E-state index contributed by atoms with van der Waals surface area (Å²) in [6.07, 6.45) is 0. The van der Waals surface area contributed by atoms with Gasteiger partial charge in [0.25, 0.3) is 0 Å². The van der Waals surface area contributed by atoms with Gasteiger partial charge in [0.05, 0.1) is 4.47 Å². The summed E-state index contributed by atoms with van der Waals surface area (Å²) in [6.45, 7) is 3.32. The van der Waals surface area contributed by atoms with Crippen LogP contribution in [-0.4, -0.2) is 24.1 Å². The van der Waals surface area contributed by atoms with E-state index in [1.54, 1.807) is 6.07 Å². The zero-order valence-corrected chi connectivity index (χ0v) is 10.7. The van der Waals surface area contributed by atoms with Crippen molar-refractivity contribution in [1.82, 2.24) is 10.6 Å². The average molecular weight is 287 g/mol. The van der Waals surface area contributed by atoms with Crippen LogP contribution in [0.4, 0.5) is 0 Å². The third-order valence-corrected chi connectivity index (χ3v) is 2.70. The van der Waals surface area contributed by atoms with E-state index in [0.717, 1.165) is 5.56 Å². The minimum atomic E-state index is -0.0351. The Morgan fingerprint density at radius 2 is 2.19 bits per heavy atom. The number of para-hydroxylation sites is 1. The summed E-state index contributed by atoms with van der Waals surface area (Å²) < 4.78 is 0.689. The minimum absolute atomic E-state index is 0.0351. The molecule has 3 N–H and O–H groups in total. The number of amides is 1. The second-order valence-electron chi connectivity index (χ2n) is 3.41. The second kappa shape index (κ2) is 6.50. The quantitative estimate of drug-likeness (QED) is 0.717. The fraction of sp³-hybridized carbons (Fsp3) is 0.364. The number of benzene rings is 1. The lowest BCUT2D eigenvalue weighted by Gasteiger charge is -2.08. The van der Waals surface area contributed by atoms with Crippen molar-refractivity contribution in [1.29, 1.82) is 0 Å². The fourth-order valence-electron chi connectivity index (χ4n) is 1.25. The fourth-order valence-corrected chi connectivity index (χ4v) is 1.66. The highest BCUT2D eigenvalue weighted by atomic mass is 79.9. The molecular formula is C11H15BrN2O2. The Morgan fingerprint density at radius 1 is 1.44 bits per heavy atom. The summed E-state index contributed by atoms with van der Waals surface area (Å²) >= 11 is 3.25. The number of rotatable bonds is 5. The molecule has 4 nitrogen and oxygen atoms in total. The summed E-state index contributed by atoms with van der Waals surface area (Å²) in [6, 6.07) is 5.51. The number of hydrogen-bond acceptors (Lipinski definition) is 3. The van der Waals surface area contributed by atoms with Crippen molar-refractivity contribution >= 4 is 21.8 Å². The van der Waals surface area contributed by atoms with Gasteiger partial charge in [-0.15, -0.1) is 0 Å². The number of phenolic OH excluding ortho intramolecular Hbond substituents is 1. The molecule has 1 aromatic carbocycles. The van der Waals surface area contributed by atoms with Crippen molar-refractivity contribution in [2.75, 3.05) is 13.1 Å². The monoisotopic (exact) mass is 286 g/mol. The van der Waals surface area contributed by atoms with Crippen LogP contribution in [0.1, 0.15) is 12.5 Å². The Morgan fingerprint density at radius 3 is 2.88 bits per heavy atom. The van der Waals surface area contributed by atoms with Crippen LogP contribution in [0.5, 0.6) is 5.75 Å². The van der Waals surface area contributed by atoms with E-state index in [1.165, 1.54) is 6.92 Å². The SMILES string of the molecule is CC(=O)NCCNCc1cccc(Br)c1O. The van der Waals surface area contributed by atoms with Crippen LogP contribution in [0, 0.1) is 0 Å². The first-order valence-electron chi connectivity index (χ1n) is 5.02. The first kappa shape index (κ1) is 13.0. The van der Waals surface area contributed by atoms with Crippen LogP contribution in [0.2, 0.25) is 0 Å². The molecular weight excluding hydrogens is 272 g/mol. The van der Waals surface area contributed by atoms with E-state index in [4.69, 9.17) is 0 Å². The Balaban J connectivity index is 2.32. The van der Waals surface area contributed by atoms with Gasteiger partial charge >= 0.3 is 0 Å². The van der Waals surface area contributed by atoms with Crippen LogP contribution >= 0.6 is 15.9 Å². The first-order chi connectivity index (χ1) is 7.61. The van der Waals surface area contributed by atoms with Crippen molar-refractivity contribution in [3.63, 3.8) is 0 Å². The van der Waals surface area contributed by atoms with Gasteiger partial charge in [-0.2, -0.15) is 0 Å². The van der Waals surface area contributed by atoms with Gasteiger partial charge in [0.1, 0.15) is 5.75 Å². The molecule has 0 unspecified atom stereocenters. The van der Waals surface area contributed by atoms with Gasteiger partial charge in [-0.25, -0.2) is 0 Å². The lowest BCUT2D eigenvalue weighted by molar-refractivity contribution is -0.118. The van der Waals surface area contributed by atoms with Crippen molar-refractivity contribution in [2.24, 2.45) is 0 Å². The van der Waals surface area contributed by atoms with Crippen LogP contribution in [-0.2, 0) is 11.3 Å². The van der Waals surface area contributed by atoms with Crippen LogP contribution in [0.3, 0.4) is 0 Å². The van der Waals surface area contributed by atoms with Gasteiger partial charge in [0.2, 0.25) is 5.91 Å². The third kappa shape index (κ3) is 4.20. The summed E-state index contributed by atoms with van der Waals surface area (Å²) in [5.74, 6) is 0.224. The molecule has 0 aliphatic heterocycles. The zero-order chi connectivity index (χ0) is 12.0. The molecule has 16 heavy (non-hydrogen) atoms. The number of hydrogen-bond donors (Lipinski definition) is 3. The average Bonchev–Trinajstić information content (AvgIpc) is 2.23. The molecule has 1 amide bonds.